The number of alkyl halides is 3. The fourth-order valence-electron chi connectivity index (χ4n) is 1.82. The Morgan fingerprint density at radius 1 is 1.39 bits per heavy atom. The molecule has 1 aromatic rings. The van der Waals surface area contributed by atoms with Crippen LogP contribution in [-0.4, -0.2) is 25.2 Å². The molecular formula is C12H12F3NO2. The van der Waals surface area contributed by atoms with Crippen LogP contribution >= 0.6 is 0 Å². The summed E-state index contributed by atoms with van der Waals surface area (Å²) in [5, 5.41) is 1.84. The van der Waals surface area contributed by atoms with Crippen molar-refractivity contribution in [2.45, 2.75) is 19.0 Å². The van der Waals surface area contributed by atoms with Crippen molar-refractivity contribution >= 4 is 5.91 Å². The number of carbonyl (C=O) groups is 1. The van der Waals surface area contributed by atoms with Gasteiger partial charge in [-0.25, -0.2) is 0 Å². The summed E-state index contributed by atoms with van der Waals surface area (Å²) >= 11 is 0. The molecule has 0 fully saturated rings. The number of ether oxygens (including phenoxy) is 1. The van der Waals surface area contributed by atoms with Gasteiger partial charge in [-0.05, 0) is 23.6 Å². The number of hydrogen-bond acceptors (Lipinski definition) is 2. The van der Waals surface area contributed by atoms with E-state index in [9.17, 15) is 18.0 Å². The number of fused-ring (bicyclic) bond motifs is 1. The quantitative estimate of drug-likeness (QED) is 0.899. The Balaban J connectivity index is 1.86. The monoisotopic (exact) mass is 259 g/mol. The molecule has 18 heavy (non-hydrogen) atoms. The topological polar surface area (TPSA) is 38.3 Å². The molecular weight excluding hydrogens is 247 g/mol. The Hall–Kier alpha value is -1.72. The lowest BCUT2D eigenvalue weighted by atomic mass is 10.1. The first kappa shape index (κ1) is 12.7. The Morgan fingerprint density at radius 3 is 2.89 bits per heavy atom. The third-order valence-corrected chi connectivity index (χ3v) is 2.71. The van der Waals surface area contributed by atoms with Crippen LogP contribution in [0.1, 0.15) is 11.1 Å². The first-order chi connectivity index (χ1) is 8.47. The van der Waals surface area contributed by atoms with E-state index >= 15 is 0 Å². The molecule has 0 unspecified atom stereocenters. The second-order valence-electron chi connectivity index (χ2n) is 4.04. The zero-order valence-corrected chi connectivity index (χ0v) is 9.51. The minimum absolute atomic E-state index is 0.0298. The summed E-state index contributed by atoms with van der Waals surface area (Å²) in [5.41, 5.74) is 1.95. The molecule has 0 aromatic heterocycles. The first-order valence-corrected chi connectivity index (χ1v) is 5.56. The largest absolute Gasteiger partial charge is 0.493 e. The SMILES string of the molecule is O=C(NCCc1ccc2c(c1)CCO2)C(F)(F)F. The molecule has 0 saturated heterocycles. The molecule has 1 amide bonds. The predicted octanol–water partition coefficient (Wildman–Crippen LogP) is 1.84. The third kappa shape index (κ3) is 2.94. The standard InChI is InChI=1S/C12H12F3NO2/c13-12(14,15)11(17)16-5-3-8-1-2-10-9(7-8)4-6-18-10/h1-2,7H,3-6H2,(H,16,17). The van der Waals surface area contributed by atoms with Crippen molar-refractivity contribution in [2.24, 2.45) is 0 Å². The summed E-state index contributed by atoms with van der Waals surface area (Å²) in [7, 11) is 0. The van der Waals surface area contributed by atoms with Crippen molar-refractivity contribution in [1.29, 1.82) is 0 Å². The van der Waals surface area contributed by atoms with Crippen LogP contribution in [0.15, 0.2) is 18.2 Å². The Kier molecular flexibility index (Phi) is 3.45. The summed E-state index contributed by atoms with van der Waals surface area (Å²) in [4.78, 5) is 10.6. The fourth-order valence-corrected chi connectivity index (χ4v) is 1.82. The van der Waals surface area contributed by atoms with E-state index in [-0.39, 0.29) is 6.54 Å². The maximum atomic E-state index is 11.9. The smallest absolute Gasteiger partial charge is 0.471 e. The van der Waals surface area contributed by atoms with Gasteiger partial charge in [-0.2, -0.15) is 13.2 Å². The van der Waals surface area contributed by atoms with Gasteiger partial charge in [-0.15, -0.1) is 0 Å². The van der Waals surface area contributed by atoms with Crippen LogP contribution in [0.25, 0.3) is 0 Å². The number of rotatable bonds is 3. The molecule has 1 aromatic carbocycles. The molecule has 3 nitrogen and oxygen atoms in total. The second-order valence-corrected chi connectivity index (χ2v) is 4.04. The van der Waals surface area contributed by atoms with Crippen LogP contribution in [-0.2, 0) is 17.6 Å². The zero-order valence-electron chi connectivity index (χ0n) is 9.51. The molecule has 6 heteroatoms. The molecule has 0 spiro atoms. The van der Waals surface area contributed by atoms with Crippen molar-refractivity contribution in [3.63, 3.8) is 0 Å². The van der Waals surface area contributed by atoms with Crippen LogP contribution < -0.4 is 10.1 Å². The van der Waals surface area contributed by atoms with Gasteiger partial charge in [0.25, 0.3) is 0 Å². The summed E-state index contributed by atoms with van der Waals surface area (Å²) in [6.45, 7) is 0.613. The summed E-state index contributed by atoms with van der Waals surface area (Å²) in [6.07, 6.45) is -3.63. The van der Waals surface area contributed by atoms with E-state index in [1.54, 1.807) is 6.07 Å². The van der Waals surface area contributed by atoms with Gasteiger partial charge >= 0.3 is 12.1 Å². The molecule has 0 saturated carbocycles. The highest BCUT2D eigenvalue weighted by Gasteiger charge is 2.38. The van der Waals surface area contributed by atoms with E-state index in [4.69, 9.17) is 4.74 Å². The van der Waals surface area contributed by atoms with E-state index in [2.05, 4.69) is 0 Å². The lowest BCUT2D eigenvalue weighted by Crippen LogP contribution is -2.37. The van der Waals surface area contributed by atoms with Crippen molar-refractivity contribution in [1.82, 2.24) is 5.32 Å². The van der Waals surface area contributed by atoms with Crippen LogP contribution in [0.5, 0.6) is 5.75 Å². The van der Waals surface area contributed by atoms with E-state index in [0.29, 0.717) is 13.0 Å². The number of amides is 1. The van der Waals surface area contributed by atoms with E-state index < -0.39 is 12.1 Å². The second kappa shape index (κ2) is 4.88. The van der Waals surface area contributed by atoms with E-state index in [1.165, 1.54) is 0 Å². The van der Waals surface area contributed by atoms with Crippen LogP contribution in [0, 0.1) is 0 Å². The lowest BCUT2D eigenvalue weighted by molar-refractivity contribution is -0.173. The molecule has 2 rings (SSSR count). The minimum Gasteiger partial charge on any atom is -0.493 e. The van der Waals surface area contributed by atoms with E-state index in [1.807, 2.05) is 17.4 Å². The average Bonchev–Trinajstić information content (AvgIpc) is 2.74. The maximum Gasteiger partial charge on any atom is 0.471 e. The molecule has 1 N–H and O–H groups in total. The number of halogens is 3. The lowest BCUT2D eigenvalue weighted by Gasteiger charge is -2.08. The molecule has 1 heterocycles. The summed E-state index contributed by atoms with van der Waals surface area (Å²) < 4.78 is 41.1. The first-order valence-electron chi connectivity index (χ1n) is 5.56. The van der Waals surface area contributed by atoms with Crippen molar-refractivity contribution in [3.8, 4) is 5.75 Å². The molecule has 0 bridgehead atoms. The average molecular weight is 259 g/mol. The highest BCUT2D eigenvalue weighted by Crippen LogP contribution is 2.25. The van der Waals surface area contributed by atoms with Gasteiger partial charge in [0.1, 0.15) is 5.75 Å². The zero-order chi connectivity index (χ0) is 13.2. The van der Waals surface area contributed by atoms with Gasteiger partial charge in [0.2, 0.25) is 0 Å². The number of carbonyl (C=O) groups excluding carboxylic acids is 1. The van der Waals surface area contributed by atoms with Crippen LogP contribution in [0.3, 0.4) is 0 Å². The van der Waals surface area contributed by atoms with Crippen molar-refractivity contribution in [2.75, 3.05) is 13.2 Å². The van der Waals surface area contributed by atoms with Crippen LogP contribution in [0.2, 0.25) is 0 Å². The number of nitrogens with one attached hydrogen (secondary N) is 1. The van der Waals surface area contributed by atoms with Crippen LogP contribution in [0.4, 0.5) is 13.2 Å². The highest BCUT2D eigenvalue weighted by atomic mass is 19.4. The van der Waals surface area contributed by atoms with Crippen molar-refractivity contribution < 1.29 is 22.7 Å². The normalized spacial score (nSPS) is 13.9. The maximum absolute atomic E-state index is 11.9. The molecule has 0 aliphatic carbocycles. The third-order valence-electron chi connectivity index (χ3n) is 2.71. The van der Waals surface area contributed by atoms with Gasteiger partial charge < -0.3 is 10.1 Å². The van der Waals surface area contributed by atoms with Gasteiger partial charge in [-0.1, -0.05) is 12.1 Å². The number of benzene rings is 1. The van der Waals surface area contributed by atoms with Gasteiger partial charge in [0.15, 0.2) is 0 Å². The van der Waals surface area contributed by atoms with Gasteiger partial charge in [0.05, 0.1) is 6.61 Å². The molecule has 1 aliphatic rings. The molecule has 0 atom stereocenters. The highest BCUT2D eigenvalue weighted by molar-refractivity contribution is 5.81. The van der Waals surface area contributed by atoms with E-state index in [0.717, 1.165) is 23.3 Å². The summed E-state index contributed by atoms with van der Waals surface area (Å²) in [5.74, 6) is -1.06. The minimum atomic E-state index is -4.81. The van der Waals surface area contributed by atoms with Crippen molar-refractivity contribution in [3.05, 3.63) is 29.3 Å². The molecule has 98 valence electrons. The Labute approximate surface area is 102 Å². The molecule has 1 aliphatic heterocycles. The Morgan fingerprint density at radius 2 is 2.17 bits per heavy atom. The van der Waals surface area contributed by atoms with Gasteiger partial charge in [0, 0.05) is 13.0 Å². The number of hydrogen-bond donors (Lipinski definition) is 1. The Bertz CT molecular complexity index is 457. The fraction of sp³-hybridized carbons (Fsp3) is 0.417. The van der Waals surface area contributed by atoms with Gasteiger partial charge in [-0.3, -0.25) is 4.79 Å². The predicted molar refractivity (Wildman–Crippen MR) is 58.4 cm³/mol. The summed E-state index contributed by atoms with van der Waals surface area (Å²) in [6, 6.07) is 5.51. The molecule has 0 radical (unpaired) electrons.